The minimum absolute atomic E-state index is 0.716. The second-order valence-electron chi connectivity index (χ2n) is 8.63. The van der Waals surface area contributed by atoms with Gasteiger partial charge in [0.05, 0.1) is 5.69 Å². The molecule has 3 nitrogen and oxygen atoms in total. The van der Waals surface area contributed by atoms with E-state index in [-0.39, 0.29) is 0 Å². The molecular formula is C32H20N2O. The lowest BCUT2D eigenvalue weighted by molar-refractivity contribution is 0.487. The van der Waals surface area contributed by atoms with Crippen LogP contribution in [0.4, 0.5) is 0 Å². The van der Waals surface area contributed by atoms with Crippen molar-refractivity contribution in [3.63, 3.8) is 0 Å². The van der Waals surface area contributed by atoms with Crippen molar-refractivity contribution in [1.29, 1.82) is 0 Å². The first kappa shape index (κ1) is 19.7. The molecule has 0 unspecified atom stereocenters. The summed E-state index contributed by atoms with van der Waals surface area (Å²) in [6.45, 7) is 0. The molecule has 6 aromatic rings. The van der Waals surface area contributed by atoms with E-state index in [1.165, 1.54) is 5.56 Å². The van der Waals surface area contributed by atoms with Gasteiger partial charge < -0.3 is 4.74 Å². The van der Waals surface area contributed by atoms with E-state index >= 15 is 0 Å². The molecule has 0 spiro atoms. The first-order chi connectivity index (χ1) is 17.4. The highest BCUT2D eigenvalue weighted by Gasteiger charge is 2.22. The Morgan fingerprint density at radius 1 is 0.486 bits per heavy atom. The Labute approximate surface area is 203 Å². The van der Waals surface area contributed by atoms with Crippen molar-refractivity contribution < 1.29 is 4.74 Å². The number of rotatable bonds is 3. The van der Waals surface area contributed by atoms with E-state index < -0.39 is 0 Å². The molecule has 5 aromatic carbocycles. The molecule has 0 bridgehead atoms. The first-order valence-corrected chi connectivity index (χ1v) is 11.7. The highest BCUT2D eigenvalue weighted by Crippen LogP contribution is 2.49. The molecule has 7 rings (SSSR count). The van der Waals surface area contributed by atoms with Crippen molar-refractivity contribution in [3.05, 3.63) is 121 Å². The summed E-state index contributed by atoms with van der Waals surface area (Å²) in [6, 6.07) is 39.3. The quantitative estimate of drug-likeness (QED) is 0.272. The van der Waals surface area contributed by atoms with Gasteiger partial charge in [0.25, 0.3) is 0 Å². The Bertz CT molecular complexity index is 1710. The molecule has 1 aromatic heterocycles. The van der Waals surface area contributed by atoms with Crippen LogP contribution in [0.3, 0.4) is 0 Å². The van der Waals surface area contributed by atoms with Gasteiger partial charge in [-0.2, -0.15) is 0 Å². The lowest BCUT2D eigenvalue weighted by atomic mass is 9.89. The monoisotopic (exact) mass is 448 g/mol. The molecule has 0 radical (unpaired) electrons. The Balaban J connectivity index is 1.50. The Hall–Kier alpha value is -4.76. The van der Waals surface area contributed by atoms with Gasteiger partial charge in [-0.05, 0) is 34.7 Å². The van der Waals surface area contributed by atoms with E-state index in [0.717, 1.165) is 55.8 Å². The number of aromatic nitrogens is 2. The van der Waals surface area contributed by atoms with Crippen molar-refractivity contribution in [2.75, 3.05) is 0 Å². The Morgan fingerprint density at radius 3 is 2.03 bits per heavy atom. The van der Waals surface area contributed by atoms with E-state index in [0.29, 0.717) is 5.82 Å². The SMILES string of the molecule is c1ccc(-c2ncc(-c3ccc4c5c(cccc35)-c3ccccc3O4)c(-c3ccccc3)n2)cc1. The van der Waals surface area contributed by atoms with E-state index in [1.54, 1.807) is 0 Å². The van der Waals surface area contributed by atoms with Crippen LogP contribution in [0.25, 0.3) is 55.7 Å². The molecule has 1 aliphatic heterocycles. The molecule has 164 valence electrons. The standard InChI is InChI=1S/C32H20N2O/c1-3-10-21(11-4-1)31-27(20-33-32(34-31)22-12-5-2-6-13-22)23-18-19-29-30-25(23)15-9-16-26(30)24-14-7-8-17-28(24)35-29/h1-20H. The zero-order valence-corrected chi connectivity index (χ0v) is 18.8. The van der Waals surface area contributed by atoms with Crippen molar-refractivity contribution in [2.45, 2.75) is 0 Å². The van der Waals surface area contributed by atoms with Gasteiger partial charge in [0, 0.05) is 33.8 Å². The predicted octanol–water partition coefficient (Wildman–Crippen LogP) is 8.40. The lowest BCUT2D eigenvalue weighted by Gasteiger charge is -2.23. The van der Waals surface area contributed by atoms with Crippen LogP contribution in [0.1, 0.15) is 0 Å². The second-order valence-corrected chi connectivity index (χ2v) is 8.63. The zero-order chi connectivity index (χ0) is 23.2. The minimum atomic E-state index is 0.716. The second kappa shape index (κ2) is 7.93. The third-order valence-electron chi connectivity index (χ3n) is 6.56. The molecule has 1 aliphatic rings. The van der Waals surface area contributed by atoms with Gasteiger partial charge in [0.2, 0.25) is 0 Å². The van der Waals surface area contributed by atoms with E-state index in [2.05, 4.69) is 54.6 Å². The van der Waals surface area contributed by atoms with E-state index in [9.17, 15) is 0 Å². The average Bonchev–Trinajstić information content (AvgIpc) is 2.94. The van der Waals surface area contributed by atoms with Gasteiger partial charge in [0.15, 0.2) is 5.82 Å². The van der Waals surface area contributed by atoms with Gasteiger partial charge in [-0.1, -0.05) is 97.1 Å². The fourth-order valence-electron chi connectivity index (χ4n) is 4.94. The molecule has 0 amide bonds. The summed E-state index contributed by atoms with van der Waals surface area (Å²) in [7, 11) is 0. The van der Waals surface area contributed by atoms with Crippen LogP contribution in [0.5, 0.6) is 11.5 Å². The third kappa shape index (κ3) is 3.21. The highest BCUT2D eigenvalue weighted by atomic mass is 16.5. The normalized spacial score (nSPS) is 11.7. The fraction of sp³-hybridized carbons (Fsp3) is 0. The van der Waals surface area contributed by atoms with E-state index in [4.69, 9.17) is 14.7 Å². The maximum absolute atomic E-state index is 6.30. The van der Waals surface area contributed by atoms with Crippen molar-refractivity contribution >= 4 is 10.8 Å². The van der Waals surface area contributed by atoms with Crippen LogP contribution in [0.15, 0.2) is 121 Å². The smallest absolute Gasteiger partial charge is 0.159 e. The maximum Gasteiger partial charge on any atom is 0.159 e. The van der Waals surface area contributed by atoms with Gasteiger partial charge >= 0.3 is 0 Å². The molecule has 0 atom stereocenters. The van der Waals surface area contributed by atoms with Crippen LogP contribution in [-0.2, 0) is 0 Å². The number of benzene rings is 5. The molecule has 0 aliphatic carbocycles. The Morgan fingerprint density at radius 2 is 1.20 bits per heavy atom. The highest BCUT2D eigenvalue weighted by molar-refractivity contribution is 6.10. The van der Waals surface area contributed by atoms with E-state index in [1.807, 2.05) is 66.9 Å². The van der Waals surface area contributed by atoms with Crippen LogP contribution in [-0.4, -0.2) is 9.97 Å². The van der Waals surface area contributed by atoms with Crippen molar-refractivity contribution in [1.82, 2.24) is 9.97 Å². The number of ether oxygens (including phenoxy) is 1. The van der Waals surface area contributed by atoms with Crippen LogP contribution in [0.2, 0.25) is 0 Å². The summed E-state index contributed by atoms with van der Waals surface area (Å²) in [6.07, 6.45) is 1.96. The molecule has 0 saturated heterocycles. The summed E-state index contributed by atoms with van der Waals surface area (Å²) in [5.41, 5.74) is 7.36. The number of hydrogen-bond donors (Lipinski definition) is 0. The fourth-order valence-corrected chi connectivity index (χ4v) is 4.94. The summed E-state index contributed by atoms with van der Waals surface area (Å²) >= 11 is 0. The Kier molecular flexibility index (Phi) is 4.46. The molecule has 3 heteroatoms. The summed E-state index contributed by atoms with van der Waals surface area (Å²) in [4.78, 5) is 9.86. The number of nitrogens with zero attached hydrogens (tertiary/aromatic N) is 2. The molecule has 2 heterocycles. The number of para-hydroxylation sites is 1. The van der Waals surface area contributed by atoms with Crippen molar-refractivity contribution in [2.24, 2.45) is 0 Å². The molecular weight excluding hydrogens is 428 g/mol. The van der Waals surface area contributed by atoms with Crippen LogP contribution < -0.4 is 4.74 Å². The molecule has 35 heavy (non-hydrogen) atoms. The average molecular weight is 449 g/mol. The predicted molar refractivity (Wildman–Crippen MR) is 141 cm³/mol. The van der Waals surface area contributed by atoms with Crippen molar-refractivity contribution in [3.8, 4) is 56.4 Å². The van der Waals surface area contributed by atoms with Gasteiger partial charge in [0.1, 0.15) is 11.5 Å². The minimum Gasteiger partial charge on any atom is -0.456 e. The summed E-state index contributed by atoms with van der Waals surface area (Å²) in [5.74, 6) is 2.48. The zero-order valence-electron chi connectivity index (χ0n) is 18.8. The summed E-state index contributed by atoms with van der Waals surface area (Å²) in [5, 5.41) is 2.25. The third-order valence-corrected chi connectivity index (χ3v) is 6.56. The molecule has 0 N–H and O–H groups in total. The molecule has 0 saturated carbocycles. The first-order valence-electron chi connectivity index (χ1n) is 11.7. The van der Waals surface area contributed by atoms with Gasteiger partial charge in [-0.3, -0.25) is 0 Å². The van der Waals surface area contributed by atoms with Gasteiger partial charge in [-0.15, -0.1) is 0 Å². The maximum atomic E-state index is 6.30. The lowest BCUT2D eigenvalue weighted by Crippen LogP contribution is -1.99. The molecule has 0 fully saturated rings. The van der Waals surface area contributed by atoms with Gasteiger partial charge in [-0.25, -0.2) is 9.97 Å². The summed E-state index contributed by atoms with van der Waals surface area (Å²) < 4.78 is 6.30. The number of hydrogen-bond acceptors (Lipinski definition) is 3. The number of fused-ring (bicyclic) bond motifs is 2. The van der Waals surface area contributed by atoms with Crippen LogP contribution >= 0.6 is 0 Å². The topological polar surface area (TPSA) is 35.0 Å². The largest absolute Gasteiger partial charge is 0.456 e. The van der Waals surface area contributed by atoms with Crippen LogP contribution in [0, 0.1) is 0 Å².